The number of nitrogens with two attached hydrogens (primary N) is 2. The minimum atomic E-state index is -2.56. The Hall–Kier alpha value is -5.08. The number of fused-ring (bicyclic) bond motifs is 3. The molecule has 0 bridgehead atoms. The van der Waals surface area contributed by atoms with Crippen LogP contribution in [0.2, 0.25) is 0 Å². The zero-order valence-electron chi connectivity index (χ0n) is 32.2. The lowest BCUT2D eigenvalue weighted by atomic mass is 9.74. The van der Waals surface area contributed by atoms with E-state index in [0.29, 0.717) is 67.8 Å². The molecule has 13 heteroatoms. The summed E-state index contributed by atoms with van der Waals surface area (Å²) in [4.78, 5) is 49.0. The molecule has 5 heterocycles. The highest BCUT2D eigenvalue weighted by Crippen LogP contribution is 2.61. The molecule has 3 fully saturated rings. The summed E-state index contributed by atoms with van der Waals surface area (Å²) >= 11 is 0. The van der Waals surface area contributed by atoms with Crippen LogP contribution < -0.4 is 21.7 Å². The molecular weight excluding hydrogens is 737 g/mol. The summed E-state index contributed by atoms with van der Waals surface area (Å²) in [6, 6.07) is 29.7. The number of rotatable bonds is 8. The summed E-state index contributed by atoms with van der Waals surface area (Å²) < 4.78 is 18.5. The molecule has 1 atom stereocenters. The Kier molecular flexibility index (Phi) is 9.88. The fraction of sp³-hybridized carbons (Fsp3) is 0.341. The molecule has 3 saturated heterocycles. The van der Waals surface area contributed by atoms with E-state index in [-0.39, 0.29) is 23.7 Å². The molecule has 11 nitrogen and oxygen atoms in total. The summed E-state index contributed by atoms with van der Waals surface area (Å²) in [6.07, 6.45) is 5.45. The van der Waals surface area contributed by atoms with Crippen molar-refractivity contribution in [3.05, 3.63) is 125 Å². The van der Waals surface area contributed by atoms with E-state index in [0.717, 1.165) is 59.0 Å². The fourth-order valence-corrected chi connectivity index (χ4v) is 11.2. The molecule has 294 valence electrons. The van der Waals surface area contributed by atoms with E-state index in [1.807, 2.05) is 76.5 Å². The first-order valence-electron chi connectivity index (χ1n) is 19.9. The summed E-state index contributed by atoms with van der Waals surface area (Å²) in [5, 5.41) is 0.328. The Morgan fingerprint density at radius 3 is 2.39 bits per heavy atom. The van der Waals surface area contributed by atoms with Gasteiger partial charge in [-0.3, -0.25) is 9.59 Å². The van der Waals surface area contributed by atoms with Crippen molar-refractivity contribution in [1.82, 2.24) is 14.8 Å². The first-order chi connectivity index (χ1) is 27.7. The highest BCUT2D eigenvalue weighted by molar-refractivity contribution is 8.42. The number of aromatic nitrogens is 1. The van der Waals surface area contributed by atoms with Crippen molar-refractivity contribution in [3.8, 4) is 5.75 Å². The molecule has 9 rings (SSSR count). The van der Waals surface area contributed by atoms with E-state index in [2.05, 4.69) is 29.2 Å². The maximum atomic E-state index is 13.8. The van der Waals surface area contributed by atoms with Gasteiger partial charge in [-0.25, -0.2) is 4.79 Å². The van der Waals surface area contributed by atoms with E-state index < -0.39 is 22.7 Å². The second-order valence-corrected chi connectivity index (χ2v) is 18.6. The average molecular weight is 786 g/mol. The second-order valence-electron chi connectivity index (χ2n) is 16.0. The van der Waals surface area contributed by atoms with Crippen LogP contribution in [0.15, 0.2) is 95.9 Å². The number of likely N-dealkylation sites (tertiary alicyclic amines) is 2. The van der Waals surface area contributed by atoms with Crippen LogP contribution in [-0.4, -0.2) is 78.1 Å². The average Bonchev–Trinajstić information content (AvgIpc) is 3.94. The van der Waals surface area contributed by atoms with Crippen molar-refractivity contribution in [1.29, 1.82) is 0 Å². The molecule has 0 radical (unpaired) electrons. The van der Waals surface area contributed by atoms with Gasteiger partial charge in [0, 0.05) is 72.3 Å². The molecule has 5 N–H and O–H groups in total. The van der Waals surface area contributed by atoms with Gasteiger partial charge in [-0.05, 0) is 93.9 Å². The van der Waals surface area contributed by atoms with Crippen LogP contribution in [0.25, 0.3) is 10.9 Å². The number of carbonyl (C=O) groups is 3. The molecule has 1 spiro atoms. The van der Waals surface area contributed by atoms with Gasteiger partial charge in [0.15, 0.2) is 0 Å². The Balaban J connectivity index is 0.854. The van der Waals surface area contributed by atoms with E-state index >= 15 is 0 Å². The maximum absolute atomic E-state index is 13.8. The van der Waals surface area contributed by atoms with Crippen LogP contribution in [0.1, 0.15) is 69.9 Å². The lowest BCUT2D eigenvalue weighted by Crippen LogP contribution is -2.46. The predicted molar refractivity (Wildman–Crippen MR) is 223 cm³/mol. The van der Waals surface area contributed by atoms with Gasteiger partial charge in [0.05, 0.1) is 13.0 Å². The number of H-pyrrole nitrogens is 1. The van der Waals surface area contributed by atoms with Crippen LogP contribution in [0.3, 0.4) is 0 Å². The highest BCUT2D eigenvalue weighted by atomic mass is 32.3. The zero-order chi connectivity index (χ0) is 39.3. The molecule has 1 aromatic heterocycles. The number of hydrogen-bond donors (Lipinski definition) is 3. The Morgan fingerprint density at radius 2 is 1.60 bits per heavy atom. The van der Waals surface area contributed by atoms with Gasteiger partial charge in [0.2, 0.25) is 5.91 Å². The number of aromatic amines is 1. The fourth-order valence-electron chi connectivity index (χ4n) is 9.09. The Labute approximate surface area is 334 Å². The van der Waals surface area contributed by atoms with Gasteiger partial charge in [-0.2, -0.15) is 0 Å². The van der Waals surface area contributed by atoms with Gasteiger partial charge in [0.25, 0.3) is 5.91 Å². The smallest absolute Gasteiger partial charge is 0.496 e. The van der Waals surface area contributed by atoms with Gasteiger partial charge in [0.1, 0.15) is 11.4 Å². The number of nitrogens with one attached hydrogen (secondary N) is 1. The first kappa shape index (κ1) is 37.5. The summed E-state index contributed by atoms with van der Waals surface area (Å²) in [6.45, 7) is 4.24. The molecule has 4 aromatic carbocycles. The Morgan fingerprint density at radius 1 is 0.860 bits per heavy atom. The number of piperidine rings is 2. The lowest BCUT2D eigenvalue weighted by molar-refractivity contribution is -0.132. The van der Waals surface area contributed by atoms with Crippen molar-refractivity contribution in [2.24, 2.45) is 11.5 Å². The van der Waals surface area contributed by atoms with Crippen molar-refractivity contribution in [2.75, 3.05) is 39.0 Å². The predicted octanol–water partition coefficient (Wildman–Crippen LogP) is 5.87. The molecule has 5 aromatic rings. The molecule has 4 aliphatic rings. The van der Waals surface area contributed by atoms with Crippen molar-refractivity contribution in [2.45, 2.75) is 61.4 Å². The van der Waals surface area contributed by atoms with Crippen molar-refractivity contribution >= 4 is 50.9 Å². The van der Waals surface area contributed by atoms with Crippen LogP contribution in [0.5, 0.6) is 5.75 Å². The third-order valence-corrected chi connectivity index (χ3v) is 15.0. The van der Waals surface area contributed by atoms with Crippen LogP contribution >= 0.6 is 10.3 Å². The van der Waals surface area contributed by atoms with E-state index in [1.54, 1.807) is 6.26 Å². The minimum absolute atomic E-state index is 0.0581. The molecular formula is C44H48BN5O6S. The third kappa shape index (κ3) is 6.90. The summed E-state index contributed by atoms with van der Waals surface area (Å²) in [7, 11) is -3.49. The van der Waals surface area contributed by atoms with Gasteiger partial charge < -0.3 is 39.7 Å². The largest absolute Gasteiger partial charge is 0.576 e. The van der Waals surface area contributed by atoms with E-state index in [9.17, 15) is 14.4 Å². The number of carbonyl (C=O) groups excluding carboxylic acids is 3. The number of hydrogen-bond acceptors (Lipinski definition) is 8. The normalized spacial score (nSPS) is 21.7. The standard InChI is InChI=1S/C44H48BN5O6S/c1-57(40-10-4-9-37-35(40)25-38(48-37)42(52)50-17-13-32(14-18-50)33-7-2-6-30(21-33)26-46)43(53)55-45(56-57)34-8-3-5-29(22-34)24-41(51)49-19-15-44(16-20-49)28-54-39-12-11-31(27-47)23-36(39)44/h2-12,21-23,25,32,48H,13-20,24,26-28,46-47H2,1H3. The van der Waals surface area contributed by atoms with Crippen LogP contribution in [0, 0.1) is 0 Å². The topological polar surface area (TPSA) is 153 Å². The second kappa shape index (κ2) is 15.0. The molecule has 0 saturated carbocycles. The van der Waals surface area contributed by atoms with Crippen LogP contribution in [-0.2, 0) is 38.5 Å². The third-order valence-electron chi connectivity index (χ3n) is 12.5. The maximum Gasteiger partial charge on any atom is 0.576 e. The SMILES string of the molecule is CS1(c2cccc3[nH]c(C(=O)N4CCC(c5cccc(CN)c5)CC4)cc23)OB(c2cccc(CC(=O)N3CCC4(CC3)COc3ccc(CN)cc34)c2)OC1=O. The van der Waals surface area contributed by atoms with E-state index in [4.69, 9.17) is 25.0 Å². The van der Waals surface area contributed by atoms with Gasteiger partial charge in [-0.1, -0.05) is 66.7 Å². The molecule has 0 aliphatic carbocycles. The Bertz CT molecular complexity index is 2370. The molecule has 4 aliphatic heterocycles. The number of amides is 2. The zero-order valence-corrected chi connectivity index (χ0v) is 33.0. The van der Waals surface area contributed by atoms with E-state index in [1.165, 1.54) is 11.1 Å². The molecule has 57 heavy (non-hydrogen) atoms. The number of ether oxygens (including phenoxy) is 1. The first-order valence-corrected chi connectivity index (χ1v) is 21.8. The lowest BCUT2D eigenvalue weighted by Gasteiger charge is -2.38. The molecule has 1 unspecified atom stereocenters. The van der Waals surface area contributed by atoms with Gasteiger partial charge in [-0.15, -0.1) is 0 Å². The van der Waals surface area contributed by atoms with Crippen molar-refractivity contribution < 1.29 is 27.9 Å². The van der Waals surface area contributed by atoms with Crippen LogP contribution in [0.4, 0.5) is 4.79 Å². The quantitative estimate of drug-likeness (QED) is 0.165. The van der Waals surface area contributed by atoms with Crippen molar-refractivity contribution in [3.63, 3.8) is 0 Å². The summed E-state index contributed by atoms with van der Waals surface area (Å²) in [5.41, 5.74) is 19.1. The highest BCUT2D eigenvalue weighted by Gasteiger charge is 2.49. The summed E-state index contributed by atoms with van der Waals surface area (Å²) in [5.74, 6) is 1.31. The minimum Gasteiger partial charge on any atom is -0.496 e. The number of nitrogens with zero attached hydrogens (tertiary/aromatic N) is 2. The molecule has 2 amide bonds. The monoisotopic (exact) mass is 785 g/mol. The number of benzene rings is 4. The van der Waals surface area contributed by atoms with Gasteiger partial charge >= 0.3 is 12.4 Å².